The molecular formula is C25H34FN5O3. The maximum atomic E-state index is 14.4. The number of aliphatic hydroxyl groups is 1. The summed E-state index contributed by atoms with van der Waals surface area (Å²) in [5.74, 6) is 0.249. The van der Waals surface area contributed by atoms with Gasteiger partial charge in [0.2, 0.25) is 0 Å². The monoisotopic (exact) mass is 471 g/mol. The van der Waals surface area contributed by atoms with Crippen molar-refractivity contribution in [2.24, 2.45) is 0 Å². The molecule has 0 bridgehead atoms. The molecule has 0 spiro atoms. The van der Waals surface area contributed by atoms with Crippen molar-refractivity contribution >= 4 is 12.1 Å². The van der Waals surface area contributed by atoms with Crippen molar-refractivity contribution in [1.82, 2.24) is 20.2 Å². The number of aliphatic hydroxyl groups excluding tert-OH is 1. The van der Waals surface area contributed by atoms with Crippen molar-refractivity contribution in [2.75, 3.05) is 38.2 Å². The van der Waals surface area contributed by atoms with Crippen LogP contribution in [-0.4, -0.2) is 71.8 Å². The number of hydrogen-bond acceptors (Lipinski definition) is 8. The molecule has 0 radical (unpaired) electrons. The minimum absolute atomic E-state index is 0.140. The second kappa shape index (κ2) is 10.3. The molecule has 1 saturated heterocycles. The molecule has 4 rings (SSSR count). The topological polar surface area (TPSA) is 90.8 Å². The van der Waals surface area contributed by atoms with E-state index in [1.165, 1.54) is 19.5 Å². The van der Waals surface area contributed by atoms with Crippen LogP contribution >= 0.6 is 0 Å². The zero-order valence-electron chi connectivity index (χ0n) is 20.2. The lowest BCUT2D eigenvalue weighted by atomic mass is 9.95. The molecule has 4 atom stereocenters. The van der Waals surface area contributed by atoms with Crippen molar-refractivity contribution < 1.29 is 19.0 Å². The molecule has 184 valence electrons. The number of piperazine rings is 1. The van der Waals surface area contributed by atoms with Gasteiger partial charge in [-0.25, -0.2) is 14.4 Å². The van der Waals surface area contributed by atoms with Crippen molar-refractivity contribution in [3.8, 4) is 5.75 Å². The number of aldehydes is 1. The number of ether oxygens (including phenoxy) is 1. The first-order valence-electron chi connectivity index (χ1n) is 11.9. The molecule has 1 aromatic carbocycles. The van der Waals surface area contributed by atoms with Gasteiger partial charge in [-0.3, -0.25) is 10.2 Å². The number of anilines is 1. The second-order valence-corrected chi connectivity index (χ2v) is 9.49. The molecule has 0 saturated carbocycles. The van der Waals surface area contributed by atoms with Crippen LogP contribution in [-0.2, 0) is 4.79 Å². The Balaban J connectivity index is 1.54. The van der Waals surface area contributed by atoms with Crippen molar-refractivity contribution in [1.29, 1.82) is 0 Å². The molecule has 34 heavy (non-hydrogen) atoms. The van der Waals surface area contributed by atoms with Crippen LogP contribution in [0.25, 0.3) is 0 Å². The number of fused-ring (bicyclic) bond motifs is 1. The van der Waals surface area contributed by atoms with E-state index in [1.807, 2.05) is 13.8 Å². The van der Waals surface area contributed by atoms with Gasteiger partial charge in [0, 0.05) is 37.8 Å². The number of methoxy groups -OCH3 is 1. The summed E-state index contributed by atoms with van der Waals surface area (Å²) in [4.78, 5) is 25.6. The van der Waals surface area contributed by atoms with Crippen molar-refractivity contribution in [2.45, 2.75) is 57.3 Å². The molecule has 2 N–H and O–H groups in total. The van der Waals surface area contributed by atoms with E-state index in [-0.39, 0.29) is 23.9 Å². The van der Waals surface area contributed by atoms with E-state index >= 15 is 0 Å². The normalized spacial score (nSPS) is 22.5. The van der Waals surface area contributed by atoms with E-state index in [1.54, 1.807) is 12.1 Å². The van der Waals surface area contributed by atoms with Gasteiger partial charge in [-0.15, -0.1) is 0 Å². The van der Waals surface area contributed by atoms with Gasteiger partial charge in [-0.05, 0) is 43.9 Å². The maximum absolute atomic E-state index is 14.4. The molecule has 1 aliphatic heterocycles. The fourth-order valence-electron chi connectivity index (χ4n) is 5.17. The number of benzene rings is 1. The van der Waals surface area contributed by atoms with Crippen molar-refractivity contribution in [3.63, 3.8) is 0 Å². The standard InChI is InChI=1S/C25H34FN5O3/c1-15(2)29-24(18(13-32)17-5-6-21(34-4)19(26)12-17)30-7-9-31(10-8-30)25-22-16(3)11-20(33)23(22)27-14-28-25/h5-6,12-16,18,20,24,29,33H,7-11H2,1-4H3/t16-,18?,20-,24?/m1/s1. The molecule has 2 heterocycles. The molecule has 1 fully saturated rings. The van der Waals surface area contributed by atoms with Gasteiger partial charge >= 0.3 is 0 Å². The number of rotatable bonds is 8. The molecular weight excluding hydrogens is 437 g/mol. The van der Waals surface area contributed by atoms with Gasteiger partial charge in [0.1, 0.15) is 18.4 Å². The summed E-state index contributed by atoms with van der Waals surface area (Å²) in [7, 11) is 1.42. The van der Waals surface area contributed by atoms with Crippen LogP contribution < -0.4 is 15.0 Å². The van der Waals surface area contributed by atoms with Crippen LogP contribution in [0.5, 0.6) is 5.75 Å². The van der Waals surface area contributed by atoms with E-state index in [0.29, 0.717) is 25.1 Å². The van der Waals surface area contributed by atoms with E-state index in [9.17, 15) is 14.3 Å². The first-order valence-corrected chi connectivity index (χ1v) is 11.9. The number of halogens is 1. The molecule has 1 aliphatic carbocycles. The molecule has 2 aliphatic rings. The number of nitrogens with zero attached hydrogens (tertiary/aromatic N) is 4. The zero-order valence-corrected chi connectivity index (χ0v) is 20.2. The summed E-state index contributed by atoms with van der Waals surface area (Å²) < 4.78 is 19.4. The summed E-state index contributed by atoms with van der Waals surface area (Å²) in [6.07, 6.45) is 2.29. The smallest absolute Gasteiger partial charge is 0.165 e. The molecule has 2 unspecified atom stereocenters. The first-order chi connectivity index (χ1) is 16.3. The summed E-state index contributed by atoms with van der Waals surface area (Å²) in [6, 6.07) is 4.85. The van der Waals surface area contributed by atoms with Gasteiger partial charge in [0.05, 0.1) is 31.0 Å². The highest BCUT2D eigenvalue weighted by molar-refractivity contribution is 5.64. The Morgan fingerprint density at radius 2 is 1.97 bits per heavy atom. The van der Waals surface area contributed by atoms with E-state index in [2.05, 4.69) is 32.0 Å². The Morgan fingerprint density at radius 1 is 1.24 bits per heavy atom. The average molecular weight is 472 g/mol. The highest BCUT2D eigenvalue weighted by Crippen LogP contribution is 2.42. The third kappa shape index (κ3) is 4.78. The highest BCUT2D eigenvalue weighted by atomic mass is 19.1. The zero-order chi connectivity index (χ0) is 24.4. The van der Waals surface area contributed by atoms with Gasteiger partial charge < -0.3 is 19.5 Å². The van der Waals surface area contributed by atoms with Gasteiger partial charge in [-0.1, -0.05) is 13.0 Å². The molecule has 2 aromatic rings. The van der Waals surface area contributed by atoms with Gasteiger partial charge in [0.25, 0.3) is 0 Å². The Bertz CT molecular complexity index is 1010. The third-order valence-corrected chi connectivity index (χ3v) is 6.84. The Hall–Kier alpha value is -2.62. The summed E-state index contributed by atoms with van der Waals surface area (Å²) in [6.45, 7) is 9.05. The Labute approximate surface area is 200 Å². The number of nitrogens with one attached hydrogen (secondary N) is 1. The quantitative estimate of drug-likeness (QED) is 0.568. The Kier molecular flexibility index (Phi) is 7.45. The minimum atomic E-state index is -0.536. The number of carbonyl (C=O) groups is 1. The molecule has 1 aromatic heterocycles. The maximum Gasteiger partial charge on any atom is 0.165 e. The number of carbonyl (C=O) groups excluding carboxylic acids is 1. The SMILES string of the molecule is COc1ccc(C(C=O)C(NC(C)C)N2CCN(c3ncnc4c3[C@H](C)C[C@H]4O)CC2)cc1F. The van der Waals surface area contributed by atoms with Gasteiger partial charge in [-0.2, -0.15) is 0 Å². The lowest BCUT2D eigenvalue weighted by molar-refractivity contribution is -0.111. The van der Waals surface area contributed by atoms with Crippen LogP contribution in [0.1, 0.15) is 62.0 Å². The fraction of sp³-hybridized carbons (Fsp3) is 0.560. The predicted molar refractivity (Wildman–Crippen MR) is 128 cm³/mol. The summed E-state index contributed by atoms with van der Waals surface area (Å²) >= 11 is 0. The number of aromatic nitrogens is 2. The predicted octanol–water partition coefficient (Wildman–Crippen LogP) is 2.59. The first kappa shape index (κ1) is 24.5. The molecule has 9 heteroatoms. The second-order valence-electron chi connectivity index (χ2n) is 9.49. The van der Waals surface area contributed by atoms with Crippen LogP contribution in [0.4, 0.5) is 10.2 Å². The Morgan fingerprint density at radius 3 is 2.59 bits per heavy atom. The summed E-state index contributed by atoms with van der Waals surface area (Å²) in [5.41, 5.74) is 2.40. The molecule has 0 amide bonds. The van der Waals surface area contributed by atoms with E-state index < -0.39 is 17.8 Å². The largest absolute Gasteiger partial charge is 0.494 e. The minimum Gasteiger partial charge on any atom is -0.494 e. The lowest BCUT2D eigenvalue weighted by Gasteiger charge is -2.43. The van der Waals surface area contributed by atoms with Crippen LogP contribution in [0.3, 0.4) is 0 Å². The fourth-order valence-corrected chi connectivity index (χ4v) is 5.17. The van der Waals surface area contributed by atoms with Crippen LogP contribution in [0, 0.1) is 5.82 Å². The molecule has 8 nitrogen and oxygen atoms in total. The number of hydrogen-bond donors (Lipinski definition) is 2. The lowest BCUT2D eigenvalue weighted by Crippen LogP contribution is -2.58. The van der Waals surface area contributed by atoms with Gasteiger partial charge in [0.15, 0.2) is 11.6 Å². The van der Waals surface area contributed by atoms with Crippen molar-refractivity contribution in [3.05, 3.63) is 47.2 Å². The third-order valence-electron chi connectivity index (χ3n) is 6.84. The van der Waals surface area contributed by atoms with Crippen LogP contribution in [0.2, 0.25) is 0 Å². The highest BCUT2D eigenvalue weighted by Gasteiger charge is 2.36. The summed E-state index contributed by atoms with van der Waals surface area (Å²) in [5, 5.41) is 13.8. The van der Waals surface area contributed by atoms with E-state index in [0.717, 1.165) is 36.5 Å². The van der Waals surface area contributed by atoms with E-state index in [4.69, 9.17) is 4.74 Å². The average Bonchev–Trinajstić information content (AvgIpc) is 3.12. The van der Waals surface area contributed by atoms with Crippen LogP contribution in [0.15, 0.2) is 24.5 Å².